The zero-order valence-electron chi connectivity index (χ0n) is 25.2. The Bertz CT molecular complexity index is 1480. The summed E-state index contributed by atoms with van der Waals surface area (Å²) in [5, 5.41) is 5.25. The summed E-state index contributed by atoms with van der Waals surface area (Å²) >= 11 is 0. The molecule has 1 aromatic carbocycles. The van der Waals surface area contributed by atoms with E-state index in [9.17, 15) is 18.4 Å². The van der Waals surface area contributed by atoms with Crippen LogP contribution in [-0.4, -0.2) is 63.1 Å². The fourth-order valence-electron chi connectivity index (χ4n) is 6.61. The van der Waals surface area contributed by atoms with E-state index in [1.165, 1.54) is 9.25 Å². The Morgan fingerprint density at radius 1 is 1.21 bits per heavy atom. The number of piperidine rings is 1. The number of halogens is 2. The van der Waals surface area contributed by atoms with E-state index < -0.39 is 23.0 Å². The highest BCUT2D eigenvalue weighted by atomic mass is 19.3. The molecule has 0 radical (unpaired) electrons. The van der Waals surface area contributed by atoms with Gasteiger partial charge in [-0.05, 0) is 77.1 Å². The third-order valence-corrected chi connectivity index (χ3v) is 8.30. The predicted molar refractivity (Wildman–Crippen MR) is 153 cm³/mol. The van der Waals surface area contributed by atoms with Crippen molar-refractivity contribution in [2.45, 2.75) is 91.0 Å². The maximum absolute atomic E-state index is 14.1. The lowest BCUT2D eigenvalue weighted by atomic mass is 9.59. The van der Waals surface area contributed by atoms with Crippen LogP contribution in [0.25, 0.3) is 10.9 Å². The van der Waals surface area contributed by atoms with Crippen LogP contribution in [0.4, 0.5) is 13.6 Å². The molecule has 1 aliphatic carbocycles. The SMILES string of the molecule is CCOC(=O)Cn1cc(C2CC3(CCN2Cc2c(OC)cc(C)c4c2ccn4C(=O)OC(C)(C)C)CC(F)(F)C3)cn1. The molecule has 11 heteroatoms. The molecule has 1 saturated heterocycles. The van der Waals surface area contributed by atoms with Crippen LogP contribution >= 0.6 is 0 Å². The van der Waals surface area contributed by atoms with Gasteiger partial charge in [0.1, 0.15) is 17.9 Å². The van der Waals surface area contributed by atoms with Gasteiger partial charge in [0, 0.05) is 54.3 Å². The number of nitrogens with zero attached hydrogens (tertiary/aromatic N) is 4. The molecule has 2 aliphatic rings. The van der Waals surface area contributed by atoms with Crippen LogP contribution < -0.4 is 4.74 Å². The lowest BCUT2D eigenvalue weighted by Gasteiger charge is -2.54. The van der Waals surface area contributed by atoms with Gasteiger partial charge in [0.05, 0.1) is 25.4 Å². The summed E-state index contributed by atoms with van der Waals surface area (Å²) in [5.41, 5.74) is 2.30. The number of carbonyl (C=O) groups is 2. The highest BCUT2D eigenvalue weighted by Gasteiger charge is 2.58. The Balaban J connectivity index is 1.49. The van der Waals surface area contributed by atoms with E-state index in [1.54, 1.807) is 26.4 Å². The molecular weight excluding hydrogens is 546 g/mol. The first-order chi connectivity index (χ1) is 19.7. The van der Waals surface area contributed by atoms with E-state index >= 15 is 0 Å². The summed E-state index contributed by atoms with van der Waals surface area (Å²) in [6.45, 7) is 10.5. The number of aromatic nitrogens is 3. The first-order valence-corrected chi connectivity index (χ1v) is 14.4. The van der Waals surface area contributed by atoms with Crippen molar-refractivity contribution in [2.24, 2.45) is 5.41 Å². The highest BCUT2D eigenvalue weighted by molar-refractivity contribution is 5.95. The summed E-state index contributed by atoms with van der Waals surface area (Å²) in [7, 11) is 1.62. The number of hydrogen-bond donors (Lipinski definition) is 0. The molecule has 3 aromatic rings. The molecule has 9 nitrogen and oxygen atoms in total. The van der Waals surface area contributed by atoms with Crippen molar-refractivity contribution in [3.63, 3.8) is 0 Å². The van der Waals surface area contributed by atoms with Gasteiger partial charge in [0.2, 0.25) is 5.92 Å². The molecule has 0 bridgehead atoms. The Labute approximate surface area is 244 Å². The van der Waals surface area contributed by atoms with Crippen LogP contribution in [0.15, 0.2) is 30.7 Å². The molecule has 0 N–H and O–H groups in total. The minimum absolute atomic E-state index is 0.0195. The first kappa shape index (κ1) is 30.0. The average molecular weight is 587 g/mol. The number of likely N-dealkylation sites (tertiary alicyclic amines) is 1. The molecule has 228 valence electrons. The van der Waals surface area contributed by atoms with Crippen molar-refractivity contribution in [3.8, 4) is 5.75 Å². The Kier molecular flexibility index (Phi) is 7.85. The first-order valence-electron chi connectivity index (χ1n) is 14.4. The third kappa shape index (κ3) is 6.02. The van der Waals surface area contributed by atoms with E-state index in [4.69, 9.17) is 14.2 Å². The van der Waals surface area contributed by atoms with Crippen LogP contribution in [0.1, 0.15) is 76.1 Å². The number of alkyl halides is 2. The maximum atomic E-state index is 14.1. The number of ether oxygens (including phenoxy) is 3. The number of rotatable bonds is 7. The highest BCUT2D eigenvalue weighted by Crippen LogP contribution is 2.60. The van der Waals surface area contributed by atoms with E-state index in [1.807, 2.05) is 46.0 Å². The van der Waals surface area contributed by atoms with Crippen molar-refractivity contribution >= 4 is 23.0 Å². The van der Waals surface area contributed by atoms with Crippen LogP contribution in [-0.2, 0) is 27.4 Å². The second kappa shape index (κ2) is 11.0. The van der Waals surface area contributed by atoms with Gasteiger partial charge in [-0.25, -0.2) is 13.6 Å². The molecule has 1 saturated carbocycles. The van der Waals surface area contributed by atoms with Crippen molar-refractivity contribution in [3.05, 3.63) is 47.4 Å². The average Bonchev–Trinajstić information content (AvgIpc) is 3.52. The number of benzene rings is 1. The van der Waals surface area contributed by atoms with E-state index in [0.717, 1.165) is 27.6 Å². The van der Waals surface area contributed by atoms with Gasteiger partial charge in [-0.2, -0.15) is 5.10 Å². The van der Waals surface area contributed by atoms with Gasteiger partial charge in [-0.3, -0.25) is 18.9 Å². The Morgan fingerprint density at radius 3 is 2.60 bits per heavy atom. The van der Waals surface area contributed by atoms with Gasteiger partial charge in [-0.1, -0.05) is 0 Å². The molecule has 42 heavy (non-hydrogen) atoms. The Hall–Kier alpha value is -3.47. The van der Waals surface area contributed by atoms with Gasteiger partial charge in [0.25, 0.3) is 0 Å². The number of aryl methyl sites for hydroxylation is 1. The molecule has 2 aromatic heterocycles. The van der Waals surface area contributed by atoms with Crippen LogP contribution in [0.3, 0.4) is 0 Å². The number of hydrogen-bond acceptors (Lipinski definition) is 7. The van der Waals surface area contributed by atoms with Crippen LogP contribution in [0, 0.1) is 12.3 Å². The third-order valence-electron chi connectivity index (χ3n) is 8.30. The van der Waals surface area contributed by atoms with Crippen LogP contribution in [0.5, 0.6) is 5.75 Å². The zero-order chi connectivity index (χ0) is 30.4. The molecule has 1 aliphatic heterocycles. The molecule has 2 fully saturated rings. The molecule has 0 amide bonds. The van der Waals surface area contributed by atoms with Gasteiger partial charge < -0.3 is 14.2 Å². The smallest absolute Gasteiger partial charge is 0.419 e. The summed E-state index contributed by atoms with van der Waals surface area (Å²) in [5.74, 6) is -2.32. The minimum Gasteiger partial charge on any atom is -0.496 e. The second-order valence-corrected chi connectivity index (χ2v) is 12.7. The fourth-order valence-corrected chi connectivity index (χ4v) is 6.61. The number of esters is 1. The van der Waals surface area contributed by atoms with Crippen molar-refractivity contribution in [1.29, 1.82) is 0 Å². The Morgan fingerprint density at radius 2 is 1.95 bits per heavy atom. The summed E-state index contributed by atoms with van der Waals surface area (Å²) in [4.78, 5) is 27.4. The van der Waals surface area contributed by atoms with Crippen molar-refractivity contribution < 1.29 is 32.6 Å². The summed E-state index contributed by atoms with van der Waals surface area (Å²) in [6.07, 6.45) is 5.77. The minimum atomic E-state index is -2.63. The number of carbonyl (C=O) groups excluding carboxylic acids is 2. The second-order valence-electron chi connectivity index (χ2n) is 12.7. The lowest BCUT2D eigenvalue weighted by molar-refractivity contribution is -0.186. The molecular formula is C31H40F2N4O5. The largest absolute Gasteiger partial charge is 0.496 e. The van der Waals surface area contributed by atoms with Gasteiger partial charge in [0.15, 0.2) is 0 Å². The van der Waals surface area contributed by atoms with Crippen molar-refractivity contribution in [2.75, 3.05) is 20.3 Å². The predicted octanol–water partition coefficient (Wildman–Crippen LogP) is 6.25. The van der Waals surface area contributed by atoms with E-state index in [0.29, 0.717) is 31.7 Å². The number of methoxy groups -OCH3 is 1. The molecule has 3 heterocycles. The van der Waals surface area contributed by atoms with Gasteiger partial charge >= 0.3 is 12.1 Å². The molecule has 5 rings (SSSR count). The number of fused-ring (bicyclic) bond motifs is 1. The normalized spacial score (nSPS) is 20.0. The monoisotopic (exact) mass is 586 g/mol. The fraction of sp³-hybridized carbons (Fsp3) is 0.581. The van der Waals surface area contributed by atoms with Crippen molar-refractivity contribution in [1.82, 2.24) is 19.2 Å². The zero-order valence-corrected chi connectivity index (χ0v) is 25.2. The molecule has 1 spiro atoms. The van der Waals surface area contributed by atoms with Gasteiger partial charge in [-0.15, -0.1) is 0 Å². The summed E-state index contributed by atoms with van der Waals surface area (Å²) < 4.78 is 47.8. The molecule has 1 unspecified atom stereocenters. The maximum Gasteiger partial charge on any atom is 0.419 e. The van der Waals surface area contributed by atoms with E-state index in [-0.39, 0.29) is 38.0 Å². The lowest BCUT2D eigenvalue weighted by Crippen LogP contribution is -2.53. The summed E-state index contributed by atoms with van der Waals surface area (Å²) in [6, 6.07) is 3.62. The molecule has 1 atom stereocenters. The van der Waals surface area contributed by atoms with E-state index in [2.05, 4.69) is 10.00 Å². The topological polar surface area (TPSA) is 87.8 Å². The standard InChI is InChI=1S/C31H40F2N4O5/c1-7-41-26(38)17-36-15-21(14-34-36)24-13-30(18-31(32,33)19-30)9-11-35(24)16-23-22-8-10-37(28(39)42-29(3,4)5)27(22)20(2)12-25(23)40-6/h8,10,12,14-15,24H,7,9,11,13,16-19H2,1-6H3. The quantitative estimate of drug-likeness (QED) is 0.302. The van der Waals surface area contributed by atoms with Crippen LogP contribution in [0.2, 0.25) is 0 Å².